The predicted octanol–water partition coefficient (Wildman–Crippen LogP) is 2.27. The molecular weight excluding hydrogens is 244 g/mol. The van der Waals surface area contributed by atoms with Crippen LogP contribution in [0.5, 0.6) is 0 Å². The molecule has 0 radical (unpaired) electrons. The van der Waals surface area contributed by atoms with E-state index < -0.39 is 0 Å². The Balaban J connectivity index is 2.41. The third kappa shape index (κ3) is 1.99. The lowest BCUT2D eigenvalue weighted by atomic mass is 10.2. The lowest BCUT2D eigenvalue weighted by molar-refractivity contribution is -0.117. The number of carbonyl (C=O) groups is 1. The van der Waals surface area contributed by atoms with Crippen LogP contribution in [-0.4, -0.2) is 17.7 Å². The first kappa shape index (κ1) is 11.6. The van der Waals surface area contributed by atoms with Crippen LogP contribution in [0.25, 0.3) is 0 Å². The van der Waals surface area contributed by atoms with Crippen molar-refractivity contribution in [3.63, 3.8) is 0 Å². The number of halogens is 1. The summed E-state index contributed by atoms with van der Waals surface area (Å²) in [5.74, 6) is 0.0478. The van der Waals surface area contributed by atoms with Gasteiger partial charge in [0.15, 0.2) is 0 Å². The van der Waals surface area contributed by atoms with E-state index in [4.69, 9.17) is 17.3 Å². The normalized spacial score (nSPS) is 20.6. The molecule has 3 nitrogen and oxygen atoms in total. The van der Waals surface area contributed by atoms with Crippen molar-refractivity contribution < 1.29 is 4.79 Å². The smallest absolute Gasteiger partial charge is 0.228 e. The minimum Gasteiger partial charge on any atom is -0.397 e. The van der Waals surface area contributed by atoms with Crippen molar-refractivity contribution in [1.82, 2.24) is 0 Å². The molecule has 86 valence electrons. The third-order valence-electron chi connectivity index (χ3n) is 2.70. The number of nitrogens with two attached hydrogens (primary N) is 1. The van der Waals surface area contributed by atoms with Gasteiger partial charge in [-0.15, -0.1) is 0 Å². The van der Waals surface area contributed by atoms with Crippen molar-refractivity contribution in [3.8, 4) is 0 Å². The fraction of sp³-hybridized carbons (Fsp3) is 0.364. The average Bonchev–Trinajstić information content (AvgIpc) is 2.51. The minimum atomic E-state index is 0.0478. The molecule has 0 bridgehead atoms. The van der Waals surface area contributed by atoms with Crippen LogP contribution in [0.3, 0.4) is 0 Å². The van der Waals surface area contributed by atoms with E-state index in [1.807, 2.05) is 6.92 Å². The number of aryl methyl sites for hydroxylation is 1. The van der Waals surface area contributed by atoms with E-state index in [1.54, 1.807) is 17.0 Å². The molecule has 1 fully saturated rings. The number of rotatable bonds is 1. The monoisotopic (exact) mass is 256 g/mol. The zero-order chi connectivity index (χ0) is 11.9. The number of hydrogen-bond donors (Lipinski definition) is 2. The maximum atomic E-state index is 11.7. The maximum absolute atomic E-state index is 11.7. The molecule has 1 aromatic rings. The second kappa shape index (κ2) is 4.18. The Morgan fingerprint density at radius 1 is 1.56 bits per heavy atom. The van der Waals surface area contributed by atoms with Crippen LogP contribution in [-0.2, 0) is 4.79 Å². The van der Waals surface area contributed by atoms with Gasteiger partial charge >= 0.3 is 0 Å². The van der Waals surface area contributed by atoms with Gasteiger partial charge in [-0.3, -0.25) is 4.79 Å². The molecule has 1 amide bonds. The van der Waals surface area contributed by atoms with Crippen LogP contribution in [0.15, 0.2) is 12.1 Å². The highest BCUT2D eigenvalue weighted by Crippen LogP contribution is 2.33. The highest BCUT2D eigenvalue weighted by Gasteiger charge is 2.29. The number of amides is 1. The summed E-state index contributed by atoms with van der Waals surface area (Å²) in [5, 5.41) is 0.701. The fourth-order valence-electron chi connectivity index (χ4n) is 1.85. The van der Waals surface area contributed by atoms with Crippen molar-refractivity contribution in [2.24, 2.45) is 0 Å². The molecule has 0 saturated carbocycles. The van der Waals surface area contributed by atoms with Crippen LogP contribution in [0, 0.1) is 6.92 Å². The number of hydrogen-bond acceptors (Lipinski definition) is 3. The summed E-state index contributed by atoms with van der Waals surface area (Å²) < 4.78 is 0. The van der Waals surface area contributed by atoms with Crippen molar-refractivity contribution in [3.05, 3.63) is 22.7 Å². The van der Waals surface area contributed by atoms with Gasteiger partial charge in [-0.25, -0.2) is 0 Å². The van der Waals surface area contributed by atoms with Gasteiger partial charge in [-0.05, 0) is 24.6 Å². The van der Waals surface area contributed by atoms with Crippen LogP contribution in [0.4, 0.5) is 11.4 Å². The molecule has 0 spiro atoms. The third-order valence-corrected chi connectivity index (χ3v) is 3.46. The quantitative estimate of drug-likeness (QED) is 0.598. The SMILES string of the molecule is Cc1cc(N)c(N2CC(S)CC2=O)cc1Cl. The standard InChI is InChI=1S/C11H13ClN2OS/c1-6-2-9(13)10(4-8(6)12)14-5-7(16)3-11(14)15/h2,4,7,16H,3,5,13H2,1H3. The Bertz CT molecular complexity index is 450. The van der Waals surface area contributed by atoms with Gasteiger partial charge in [0.1, 0.15) is 0 Å². The summed E-state index contributed by atoms with van der Waals surface area (Å²) in [6, 6.07) is 3.53. The molecule has 1 aliphatic heterocycles. The zero-order valence-electron chi connectivity index (χ0n) is 8.90. The molecule has 1 heterocycles. The molecule has 16 heavy (non-hydrogen) atoms. The first-order valence-electron chi connectivity index (χ1n) is 5.03. The number of thiol groups is 1. The van der Waals surface area contributed by atoms with Gasteiger partial charge in [0, 0.05) is 23.2 Å². The van der Waals surface area contributed by atoms with E-state index in [-0.39, 0.29) is 11.2 Å². The molecule has 2 rings (SSSR count). The summed E-state index contributed by atoms with van der Waals surface area (Å²) in [7, 11) is 0. The van der Waals surface area contributed by atoms with Gasteiger partial charge in [-0.2, -0.15) is 12.6 Å². The van der Waals surface area contributed by atoms with Crippen molar-refractivity contribution in [2.45, 2.75) is 18.6 Å². The second-order valence-corrected chi connectivity index (χ2v) is 5.16. The molecule has 0 aliphatic carbocycles. The predicted molar refractivity (Wildman–Crippen MR) is 70.3 cm³/mol. The van der Waals surface area contributed by atoms with Gasteiger partial charge < -0.3 is 10.6 Å². The van der Waals surface area contributed by atoms with Gasteiger partial charge in [-0.1, -0.05) is 11.6 Å². The lowest BCUT2D eigenvalue weighted by Gasteiger charge is -2.19. The lowest BCUT2D eigenvalue weighted by Crippen LogP contribution is -2.25. The van der Waals surface area contributed by atoms with Crippen LogP contribution >= 0.6 is 24.2 Å². The summed E-state index contributed by atoms with van der Waals surface area (Å²) in [6.45, 7) is 2.47. The van der Waals surface area contributed by atoms with Crippen molar-refractivity contribution >= 4 is 41.5 Å². The van der Waals surface area contributed by atoms with Gasteiger partial charge in [0.2, 0.25) is 5.91 Å². The number of carbonyl (C=O) groups excluding carboxylic acids is 1. The Morgan fingerprint density at radius 3 is 2.81 bits per heavy atom. The molecular formula is C11H13ClN2OS. The van der Waals surface area contributed by atoms with Crippen LogP contribution < -0.4 is 10.6 Å². The highest BCUT2D eigenvalue weighted by molar-refractivity contribution is 7.81. The van der Waals surface area contributed by atoms with Crippen LogP contribution in [0.1, 0.15) is 12.0 Å². The summed E-state index contributed by atoms with van der Waals surface area (Å²) in [4.78, 5) is 13.4. The molecule has 1 aromatic carbocycles. The van der Waals surface area contributed by atoms with Crippen LogP contribution in [0.2, 0.25) is 5.02 Å². The summed E-state index contributed by atoms with van der Waals surface area (Å²) in [5.41, 5.74) is 8.09. The van der Waals surface area contributed by atoms with Gasteiger partial charge in [0.05, 0.1) is 11.4 Å². The first-order valence-corrected chi connectivity index (χ1v) is 5.92. The van der Waals surface area contributed by atoms with E-state index in [9.17, 15) is 4.79 Å². The van der Waals surface area contributed by atoms with E-state index in [0.29, 0.717) is 29.4 Å². The average molecular weight is 257 g/mol. The fourth-order valence-corrected chi connectivity index (χ4v) is 2.33. The molecule has 1 unspecified atom stereocenters. The minimum absolute atomic E-state index is 0.0478. The number of nitrogens with zero attached hydrogens (tertiary/aromatic N) is 1. The molecule has 1 aliphatic rings. The molecule has 2 N–H and O–H groups in total. The maximum Gasteiger partial charge on any atom is 0.228 e. The second-order valence-electron chi connectivity index (χ2n) is 4.02. The number of nitrogen functional groups attached to an aromatic ring is 1. The zero-order valence-corrected chi connectivity index (χ0v) is 10.6. The van der Waals surface area contributed by atoms with Crippen molar-refractivity contribution in [1.29, 1.82) is 0 Å². The summed E-state index contributed by atoms with van der Waals surface area (Å²) in [6.07, 6.45) is 0.452. The van der Waals surface area contributed by atoms with E-state index in [0.717, 1.165) is 5.56 Å². The highest BCUT2D eigenvalue weighted by atomic mass is 35.5. The molecule has 5 heteroatoms. The first-order chi connectivity index (χ1) is 7.49. The molecule has 1 saturated heterocycles. The largest absolute Gasteiger partial charge is 0.397 e. The molecule has 1 atom stereocenters. The van der Waals surface area contributed by atoms with E-state index in [2.05, 4.69) is 12.6 Å². The Labute approximate surface area is 105 Å². The summed E-state index contributed by atoms with van der Waals surface area (Å²) >= 11 is 10.3. The molecule has 0 aromatic heterocycles. The Kier molecular flexibility index (Phi) is 3.04. The number of anilines is 2. The van der Waals surface area contributed by atoms with Gasteiger partial charge in [0.25, 0.3) is 0 Å². The van der Waals surface area contributed by atoms with E-state index >= 15 is 0 Å². The number of benzene rings is 1. The van der Waals surface area contributed by atoms with E-state index in [1.165, 1.54) is 0 Å². The Hall–Kier alpha value is -0.870. The topological polar surface area (TPSA) is 46.3 Å². The van der Waals surface area contributed by atoms with Crippen molar-refractivity contribution in [2.75, 3.05) is 17.2 Å². The Morgan fingerprint density at radius 2 is 2.25 bits per heavy atom.